The molecule has 1 saturated carbocycles. The van der Waals surface area contributed by atoms with Crippen molar-refractivity contribution in [1.82, 2.24) is 35.1 Å². The highest BCUT2D eigenvalue weighted by molar-refractivity contribution is 5.81. The number of benzene rings is 1. The molecule has 3 aromatic heterocycles. The molecule has 8 nitrogen and oxygen atoms in total. The molecule has 180 valence electrons. The number of aromatic nitrogens is 5. The van der Waals surface area contributed by atoms with Crippen LogP contribution in [-0.4, -0.2) is 62.6 Å². The first kappa shape index (κ1) is 22.1. The highest BCUT2D eigenvalue weighted by Crippen LogP contribution is 2.28. The Kier molecular flexibility index (Phi) is 6.38. The Balaban J connectivity index is 1.15. The van der Waals surface area contributed by atoms with Crippen molar-refractivity contribution in [2.75, 3.05) is 32.8 Å². The van der Waals surface area contributed by atoms with Gasteiger partial charge in [-0.1, -0.05) is 12.5 Å². The summed E-state index contributed by atoms with van der Waals surface area (Å²) in [7, 11) is 0. The zero-order chi connectivity index (χ0) is 23.5. The monoisotopic (exact) mass is 469 g/mol. The first-order valence-electron chi connectivity index (χ1n) is 12.6. The van der Waals surface area contributed by atoms with Gasteiger partial charge in [-0.2, -0.15) is 0 Å². The van der Waals surface area contributed by atoms with Crippen molar-refractivity contribution in [3.63, 3.8) is 0 Å². The van der Waals surface area contributed by atoms with Gasteiger partial charge in [0.05, 0.1) is 23.3 Å². The summed E-state index contributed by atoms with van der Waals surface area (Å²) in [6, 6.07) is 12.4. The maximum atomic E-state index is 5.90. The first-order valence-corrected chi connectivity index (χ1v) is 12.6. The lowest BCUT2D eigenvalue weighted by molar-refractivity contribution is 0.175. The quantitative estimate of drug-likeness (QED) is 0.407. The Morgan fingerprint density at radius 2 is 1.91 bits per heavy atom. The summed E-state index contributed by atoms with van der Waals surface area (Å²) in [6.07, 6.45) is 7.99. The van der Waals surface area contributed by atoms with Crippen LogP contribution >= 0.6 is 0 Å². The van der Waals surface area contributed by atoms with E-state index in [0.29, 0.717) is 18.2 Å². The second kappa shape index (κ2) is 10.1. The van der Waals surface area contributed by atoms with Crippen LogP contribution in [0, 0.1) is 5.92 Å². The average molecular weight is 470 g/mol. The van der Waals surface area contributed by atoms with E-state index in [-0.39, 0.29) is 0 Å². The molecular formula is C27H31N7O. The summed E-state index contributed by atoms with van der Waals surface area (Å²) in [5.41, 5.74) is 6.13. The summed E-state index contributed by atoms with van der Waals surface area (Å²) < 4.78 is 5.90. The van der Waals surface area contributed by atoms with Gasteiger partial charge in [-0.05, 0) is 48.6 Å². The molecule has 35 heavy (non-hydrogen) atoms. The summed E-state index contributed by atoms with van der Waals surface area (Å²) in [5, 5.41) is 3.41. The minimum absolute atomic E-state index is 0.638. The van der Waals surface area contributed by atoms with Crippen LogP contribution in [0.4, 0.5) is 0 Å². The Bertz CT molecular complexity index is 1290. The number of hydrogen-bond acceptors (Lipinski definition) is 7. The van der Waals surface area contributed by atoms with Gasteiger partial charge >= 0.3 is 0 Å². The third kappa shape index (κ3) is 5.33. The summed E-state index contributed by atoms with van der Waals surface area (Å²) in [5.74, 6) is 2.22. The number of nitrogens with zero attached hydrogens (tertiary/aromatic N) is 5. The molecule has 0 spiro atoms. The second-order valence-corrected chi connectivity index (χ2v) is 9.62. The Labute approximate surface area is 205 Å². The Morgan fingerprint density at radius 3 is 2.77 bits per heavy atom. The van der Waals surface area contributed by atoms with E-state index in [9.17, 15) is 0 Å². The van der Waals surface area contributed by atoms with Gasteiger partial charge in [-0.25, -0.2) is 15.0 Å². The van der Waals surface area contributed by atoms with E-state index in [2.05, 4.69) is 54.4 Å². The summed E-state index contributed by atoms with van der Waals surface area (Å²) in [4.78, 5) is 24.1. The van der Waals surface area contributed by atoms with Gasteiger partial charge in [0.25, 0.3) is 0 Å². The highest BCUT2D eigenvalue weighted by Gasteiger charge is 2.18. The normalized spacial score (nSPS) is 16.9. The fourth-order valence-corrected chi connectivity index (χ4v) is 4.77. The molecule has 4 heterocycles. The largest absolute Gasteiger partial charge is 0.477 e. The minimum Gasteiger partial charge on any atom is -0.477 e. The lowest BCUT2D eigenvalue weighted by Crippen LogP contribution is -2.42. The summed E-state index contributed by atoms with van der Waals surface area (Å²) >= 11 is 0. The van der Waals surface area contributed by atoms with Crippen LogP contribution in [0.1, 0.15) is 36.3 Å². The predicted molar refractivity (Wildman–Crippen MR) is 135 cm³/mol. The average Bonchev–Trinajstić information content (AvgIpc) is 3.25. The van der Waals surface area contributed by atoms with Crippen molar-refractivity contribution >= 4 is 11.0 Å². The minimum atomic E-state index is 0.638. The van der Waals surface area contributed by atoms with Gasteiger partial charge in [0.15, 0.2) is 0 Å². The maximum absolute atomic E-state index is 5.90. The van der Waals surface area contributed by atoms with Crippen molar-refractivity contribution in [3.05, 3.63) is 66.0 Å². The van der Waals surface area contributed by atoms with Crippen LogP contribution in [0.5, 0.6) is 5.88 Å². The third-order valence-corrected chi connectivity index (χ3v) is 7.01. The molecule has 2 aliphatic rings. The zero-order valence-corrected chi connectivity index (χ0v) is 19.9. The van der Waals surface area contributed by atoms with Crippen molar-refractivity contribution < 1.29 is 4.74 Å². The SMILES string of the molecule is c1cc(CN2CCNCC2)cc(Cc2nc3ccc(-c4cc(OCC5CCC5)ncn4)cc3[nH]2)n1. The predicted octanol–water partition coefficient (Wildman–Crippen LogP) is 3.59. The van der Waals surface area contributed by atoms with E-state index in [1.165, 1.54) is 24.8 Å². The molecule has 8 heteroatoms. The number of piperazine rings is 1. The molecule has 0 bridgehead atoms. The van der Waals surface area contributed by atoms with Crippen LogP contribution in [0.15, 0.2) is 48.9 Å². The number of ether oxygens (including phenoxy) is 1. The topological polar surface area (TPSA) is 91.9 Å². The van der Waals surface area contributed by atoms with Crippen LogP contribution in [-0.2, 0) is 13.0 Å². The fraction of sp³-hybridized carbons (Fsp3) is 0.407. The standard InChI is InChI=1S/C27H31N7O/c1-2-19(3-1)17-35-27-15-24(30-18-31-27)21-4-5-23-25(13-21)33-26(32-23)14-22-12-20(6-7-29-22)16-34-10-8-28-9-11-34/h4-7,12-13,15,18-19,28H,1-3,8-11,14,16-17H2,(H,32,33). The van der Waals surface area contributed by atoms with Crippen LogP contribution in [0.3, 0.4) is 0 Å². The maximum Gasteiger partial charge on any atom is 0.216 e. The third-order valence-electron chi connectivity index (χ3n) is 7.01. The van der Waals surface area contributed by atoms with E-state index in [4.69, 9.17) is 9.72 Å². The molecule has 1 aliphatic carbocycles. The summed E-state index contributed by atoms with van der Waals surface area (Å²) in [6.45, 7) is 6.00. The molecule has 4 aromatic rings. The number of aromatic amines is 1. The zero-order valence-electron chi connectivity index (χ0n) is 19.9. The Hall–Kier alpha value is -3.36. The lowest BCUT2D eigenvalue weighted by Gasteiger charge is -2.27. The number of hydrogen-bond donors (Lipinski definition) is 2. The van der Waals surface area contributed by atoms with Crippen LogP contribution < -0.4 is 10.1 Å². The molecule has 0 radical (unpaired) electrons. The Morgan fingerprint density at radius 1 is 1.00 bits per heavy atom. The van der Waals surface area contributed by atoms with Crippen molar-refractivity contribution in [2.24, 2.45) is 5.92 Å². The van der Waals surface area contributed by atoms with Gasteiger partial charge in [0, 0.05) is 62.7 Å². The molecule has 1 aliphatic heterocycles. The van der Waals surface area contributed by atoms with Gasteiger partial charge in [-0.15, -0.1) is 0 Å². The smallest absolute Gasteiger partial charge is 0.216 e. The molecule has 1 aromatic carbocycles. The fourth-order valence-electron chi connectivity index (χ4n) is 4.77. The highest BCUT2D eigenvalue weighted by atomic mass is 16.5. The number of pyridine rings is 1. The van der Waals surface area contributed by atoms with Gasteiger partial charge in [0.1, 0.15) is 12.2 Å². The molecule has 2 N–H and O–H groups in total. The van der Waals surface area contributed by atoms with Gasteiger partial charge < -0.3 is 15.0 Å². The van der Waals surface area contributed by atoms with E-state index < -0.39 is 0 Å². The molecule has 0 unspecified atom stereocenters. The number of H-pyrrole nitrogens is 1. The number of rotatable bonds is 8. The molecule has 6 rings (SSSR count). The van der Waals surface area contributed by atoms with Crippen molar-refractivity contribution in [1.29, 1.82) is 0 Å². The lowest BCUT2D eigenvalue weighted by atomic mass is 9.86. The molecule has 0 amide bonds. The molecule has 2 fully saturated rings. The van der Waals surface area contributed by atoms with E-state index in [1.807, 2.05) is 18.3 Å². The molecular weight excluding hydrogens is 438 g/mol. The van der Waals surface area contributed by atoms with E-state index >= 15 is 0 Å². The van der Waals surface area contributed by atoms with Crippen LogP contribution in [0.2, 0.25) is 0 Å². The van der Waals surface area contributed by atoms with E-state index in [1.54, 1.807) is 6.33 Å². The van der Waals surface area contributed by atoms with Crippen LogP contribution in [0.25, 0.3) is 22.3 Å². The number of fused-ring (bicyclic) bond motifs is 1. The van der Waals surface area contributed by atoms with Gasteiger partial charge in [-0.3, -0.25) is 9.88 Å². The molecule has 0 atom stereocenters. The number of nitrogens with one attached hydrogen (secondary N) is 2. The first-order chi connectivity index (χ1) is 17.3. The van der Waals surface area contributed by atoms with E-state index in [0.717, 1.165) is 73.1 Å². The molecule has 1 saturated heterocycles. The van der Waals surface area contributed by atoms with Gasteiger partial charge in [0.2, 0.25) is 5.88 Å². The second-order valence-electron chi connectivity index (χ2n) is 9.62. The van der Waals surface area contributed by atoms with Crippen molar-refractivity contribution in [2.45, 2.75) is 32.2 Å². The van der Waals surface area contributed by atoms with Crippen molar-refractivity contribution in [3.8, 4) is 17.1 Å². The number of imidazole rings is 1.